The molecule has 2 saturated carbocycles. The molecule has 3 N–H and O–H groups in total. The van der Waals surface area contributed by atoms with E-state index in [-0.39, 0.29) is 23.7 Å². The van der Waals surface area contributed by atoms with Gasteiger partial charge in [-0.2, -0.15) is 0 Å². The lowest BCUT2D eigenvalue weighted by Crippen LogP contribution is -2.37. The summed E-state index contributed by atoms with van der Waals surface area (Å²) in [6.45, 7) is 0.779. The average Bonchev–Trinajstić information content (AvgIpc) is 3.62. The predicted molar refractivity (Wildman–Crippen MR) is 153 cm³/mol. The lowest BCUT2D eigenvalue weighted by atomic mass is 9.85. The molecule has 6 rings (SSSR count). The van der Waals surface area contributed by atoms with E-state index in [0.29, 0.717) is 11.2 Å². The summed E-state index contributed by atoms with van der Waals surface area (Å²) in [4.78, 5) is 34.6. The topological polar surface area (TPSA) is 96.0 Å². The highest BCUT2D eigenvalue weighted by Crippen LogP contribution is 2.32. The molecule has 0 aliphatic heterocycles. The van der Waals surface area contributed by atoms with Crippen LogP contribution in [-0.2, 0) is 16.1 Å². The lowest BCUT2D eigenvalue weighted by Gasteiger charge is -2.29. The molecule has 7 nitrogen and oxygen atoms in total. The van der Waals surface area contributed by atoms with E-state index in [2.05, 4.69) is 50.2 Å². The van der Waals surface area contributed by atoms with Crippen LogP contribution < -0.4 is 16.0 Å². The van der Waals surface area contributed by atoms with E-state index < -0.39 is 0 Å². The number of fused-ring (bicyclic) bond motifs is 2. The standard InChI is InChI=1S/C30H33N5O2S/c36-28(20-5-1-2-6-20)33-24-11-13-26-27(17-24)38-30(34-26)35-29(37)22-7-3-9-23(16-22)32-18-19-10-12-25-21(15-19)8-4-14-31-25/h4,8,10-15,17,20,22-23,32H,1-3,5-7,9,16,18H2,(H,33,36)(H,34,35,37)/t22-,23+/m1/s1. The van der Waals surface area contributed by atoms with Crippen LogP contribution >= 0.6 is 11.3 Å². The van der Waals surface area contributed by atoms with Gasteiger partial charge in [0.1, 0.15) is 0 Å². The van der Waals surface area contributed by atoms with E-state index in [1.54, 1.807) is 0 Å². The van der Waals surface area contributed by atoms with Crippen molar-refractivity contribution in [2.45, 2.75) is 64.0 Å². The molecular formula is C30H33N5O2S. The number of nitrogens with zero attached hydrogens (tertiary/aromatic N) is 2. The second kappa shape index (κ2) is 11.2. The van der Waals surface area contributed by atoms with Crippen molar-refractivity contribution in [3.63, 3.8) is 0 Å². The molecule has 8 heteroatoms. The fourth-order valence-electron chi connectivity index (χ4n) is 5.81. The number of benzene rings is 2. The van der Waals surface area contributed by atoms with Crippen molar-refractivity contribution in [2.75, 3.05) is 10.6 Å². The molecule has 2 atom stereocenters. The second-order valence-corrected chi connectivity index (χ2v) is 11.7. The second-order valence-electron chi connectivity index (χ2n) is 10.6. The third-order valence-electron chi connectivity index (χ3n) is 7.92. The van der Waals surface area contributed by atoms with E-state index in [0.717, 1.165) is 84.7 Å². The molecule has 0 unspecified atom stereocenters. The Balaban J connectivity index is 1.04. The van der Waals surface area contributed by atoms with E-state index in [9.17, 15) is 9.59 Å². The van der Waals surface area contributed by atoms with Crippen molar-refractivity contribution in [3.05, 3.63) is 60.3 Å². The van der Waals surface area contributed by atoms with Crippen LogP contribution in [-0.4, -0.2) is 27.8 Å². The Morgan fingerprint density at radius 2 is 1.68 bits per heavy atom. The maximum absolute atomic E-state index is 13.1. The number of amides is 2. The van der Waals surface area contributed by atoms with Gasteiger partial charge in [0.25, 0.3) is 0 Å². The number of thiazole rings is 1. The number of anilines is 2. The highest BCUT2D eigenvalue weighted by Gasteiger charge is 2.28. The normalized spacial score (nSPS) is 20.1. The molecule has 0 saturated heterocycles. The quantitative estimate of drug-likeness (QED) is 0.264. The van der Waals surface area contributed by atoms with Gasteiger partial charge in [0.15, 0.2) is 5.13 Å². The first-order valence-corrected chi connectivity index (χ1v) is 14.5. The van der Waals surface area contributed by atoms with Crippen LogP contribution in [0, 0.1) is 11.8 Å². The van der Waals surface area contributed by atoms with Gasteiger partial charge in [-0.1, -0.05) is 42.7 Å². The van der Waals surface area contributed by atoms with Gasteiger partial charge in [-0.25, -0.2) is 4.98 Å². The Kier molecular flexibility index (Phi) is 7.33. The average molecular weight is 528 g/mol. The summed E-state index contributed by atoms with van der Waals surface area (Å²) in [7, 11) is 0. The molecule has 0 radical (unpaired) electrons. The van der Waals surface area contributed by atoms with Crippen molar-refractivity contribution < 1.29 is 9.59 Å². The van der Waals surface area contributed by atoms with Crippen LogP contribution in [0.15, 0.2) is 54.7 Å². The van der Waals surface area contributed by atoms with Gasteiger partial charge in [-0.15, -0.1) is 0 Å². The monoisotopic (exact) mass is 527 g/mol. The van der Waals surface area contributed by atoms with Crippen molar-refractivity contribution in [3.8, 4) is 0 Å². The predicted octanol–water partition coefficient (Wildman–Crippen LogP) is 6.26. The van der Waals surface area contributed by atoms with Crippen LogP contribution in [0.1, 0.15) is 56.9 Å². The third kappa shape index (κ3) is 5.71. The molecule has 38 heavy (non-hydrogen) atoms. The Bertz CT molecular complexity index is 1460. The number of hydrogen-bond acceptors (Lipinski definition) is 6. The Morgan fingerprint density at radius 1 is 0.868 bits per heavy atom. The Hall–Kier alpha value is -3.36. The maximum atomic E-state index is 13.1. The number of nitrogens with one attached hydrogen (secondary N) is 3. The van der Waals surface area contributed by atoms with E-state index in [4.69, 9.17) is 0 Å². The van der Waals surface area contributed by atoms with Gasteiger partial charge in [0, 0.05) is 41.7 Å². The summed E-state index contributed by atoms with van der Waals surface area (Å²) in [6.07, 6.45) is 9.86. The lowest BCUT2D eigenvalue weighted by molar-refractivity contribution is -0.121. The first-order chi connectivity index (χ1) is 18.6. The molecule has 2 aliphatic carbocycles. The summed E-state index contributed by atoms with van der Waals surface area (Å²) in [5.74, 6) is 0.246. The van der Waals surface area contributed by atoms with Crippen molar-refractivity contribution >= 4 is 55.1 Å². The number of pyridine rings is 1. The van der Waals surface area contributed by atoms with Gasteiger partial charge in [-0.3, -0.25) is 14.6 Å². The zero-order valence-corrected chi connectivity index (χ0v) is 22.2. The van der Waals surface area contributed by atoms with E-state index in [1.165, 1.54) is 16.9 Å². The highest BCUT2D eigenvalue weighted by molar-refractivity contribution is 7.22. The molecular weight excluding hydrogens is 494 g/mol. The third-order valence-corrected chi connectivity index (χ3v) is 8.85. The highest BCUT2D eigenvalue weighted by atomic mass is 32.1. The molecule has 196 valence electrons. The zero-order valence-electron chi connectivity index (χ0n) is 21.4. The van der Waals surface area contributed by atoms with Crippen LogP contribution in [0.4, 0.5) is 10.8 Å². The fraction of sp³-hybridized carbons (Fsp3) is 0.400. The summed E-state index contributed by atoms with van der Waals surface area (Å²) in [6, 6.07) is 16.5. The molecule has 2 aliphatic rings. The minimum Gasteiger partial charge on any atom is -0.326 e. The molecule has 2 heterocycles. The van der Waals surface area contributed by atoms with Gasteiger partial charge < -0.3 is 16.0 Å². The van der Waals surface area contributed by atoms with Crippen molar-refractivity contribution in [2.24, 2.45) is 11.8 Å². The smallest absolute Gasteiger partial charge is 0.229 e. The van der Waals surface area contributed by atoms with Gasteiger partial charge >= 0.3 is 0 Å². The molecule has 0 spiro atoms. The number of carbonyl (C=O) groups excluding carboxylic acids is 2. The fourth-order valence-corrected chi connectivity index (χ4v) is 6.71. The summed E-state index contributed by atoms with van der Waals surface area (Å²) in [5.41, 5.74) is 3.86. The van der Waals surface area contributed by atoms with Crippen LogP contribution in [0.25, 0.3) is 21.1 Å². The van der Waals surface area contributed by atoms with Gasteiger partial charge in [0.2, 0.25) is 11.8 Å². The van der Waals surface area contributed by atoms with Crippen LogP contribution in [0.5, 0.6) is 0 Å². The van der Waals surface area contributed by atoms with Crippen molar-refractivity contribution in [1.82, 2.24) is 15.3 Å². The molecule has 0 bridgehead atoms. The van der Waals surface area contributed by atoms with Gasteiger partial charge in [0.05, 0.1) is 15.7 Å². The maximum Gasteiger partial charge on any atom is 0.229 e. The summed E-state index contributed by atoms with van der Waals surface area (Å²) < 4.78 is 0.957. The number of rotatable bonds is 7. The number of carbonyl (C=O) groups is 2. The van der Waals surface area contributed by atoms with Crippen LogP contribution in [0.2, 0.25) is 0 Å². The van der Waals surface area contributed by atoms with Crippen LogP contribution in [0.3, 0.4) is 0 Å². The molecule has 2 amide bonds. The molecule has 2 aromatic carbocycles. The van der Waals surface area contributed by atoms with E-state index in [1.807, 2.05) is 30.5 Å². The Morgan fingerprint density at radius 3 is 2.58 bits per heavy atom. The summed E-state index contributed by atoms with van der Waals surface area (Å²) in [5, 5.41) is 11.6. The minimum atomic E-state index is -0.0321. The number of aromatic nitrogens is 2. The van der Waals surface area contributed by atoms with E-state index >= 15 is 0 Å². The molecule has 4 aromatic rings. The largest absolute Gasteiger partial charge is 0.326 e. The summed E-state index contributed by atoms with van der Waals surface area (Å²) >= 11 is 1.46. The first kappa shape index (κ1) is 24.9. The van der Waals surface area contributed by atoms with Crippen molar-refractivity contribution in [1.29, 1.82) is 0 Å². The Labute approximate surface area is 226 Å². The zero-order chi connectivity index (χ0) is 25.9. The number of hydrogen-bond donors (Lipinski definition) is 3. The molecule has 2 fully saturated rings. The SMILES string of the molecule is O=C(Nc1ccc2nc(NC(=O)[C@@H]3CCC[C@H](NCc4ccc5ncccc5c4)C3)sc2c1)C1CCCC1. The minimum absolute atomic E-state index is 0.0321. The molecule has 2 aromatic heterocycles. The first-order valence-electron chi connectivity index (χ1n) is 13.7. The van der Waals surface area contributed by atoms with Gasteiger partial charge in [-0.05, 0) is 74.1 Å².